The summed E-state index contributed by atoms with van der Waals surface area (Å²) in [6.45, 7) is 3.11. The van der Waals surface area contributed by atoms with E-state index in [1.807, 2.05) is 37.3 Å². The van der Waals surface area contributed by atoms with Gasteiger partial charge in [0.1, 0.15) is 12.6 Å². The van der Waals surface area contributed by atoms with Crippen LogP contribution in [0.1, 0.15) is 22.3 Å². The van der Waals surface area contributed by atoms with E-state index in [1.165, 1.54) is 24.1 Å². The van der Waals surface area contributed by atoms with Crippen LogP contribution in [0, 0.1) is 13.8 Å². The van der Waals surface area contributed by atoms with E-state index < -0.39 is 28.5 Å². The molecule has 0 fully saturated rings. The Bertz CT molecular complexity index is 1700. The first-order valence-electron chi connectivity index (χ1n) is 13.6. The number of hydrogen-bond donors (Lipinski definition) is 1. The molecular formula is C33H33Cl2N3O4S. The number of hydrogen-bond acceptors (Lipinski definition) is 4. The van der Waals surface area contributed by atoms with Crippen molar-refractivity contribution in [2.24, 2.45) is 0 Å². The summed E-state index contributed by atoms with van der Waals surface area (Å²) in [7, 11) is -2.67. The first-order chi connectivity index (χ1) is 20.5. The van der Waals surface area contributed by atoms with E-state index in [9.17, 15) is 18.0 Å². The molecule has 0 aromatic heterocycles. The summed E-state index contributed by atoms with van der Waals surface area (Å²) >= 11 is 12.4. The van der Waals surface area contributed by atoms with E-state index in [-0.39, 0.29) is 23.8 Å². The van der Waals surface area contributed by atoms with Crippen LogP contribution in [-0.4, -0.2) is 44.8 Å². The summed E-state index contributed by atoms with van der Waals surface area (Å²) < 4.78 is 29.3. The predicted octanol–water partition coefficient (Wildman–Crippen LogP) is 6.19. The SMILES string of the molecule is CNC(=O)[C@H](Cc1ccccc1)N(Cc1ccc(Cl)c(Cl)c1)C(=O)CN(c1ccccc1C)S(=O)(=O)c1ccc(C)cc1. The lowest BCUT2D eigenvalue weighted by Gasteiger charge is -2.34. The number of benzene rings is 4. The fraction of sp³-hybridized carbons (Fsp3) is 0.212. The third-order valence-corrected chi connectivity index (χ3v) is 9.64. The summed E-state index contributed by atoms with van der Waals surface area (Å²) in [4.78, 5) is 29.2. The third-order valence-electron chi connectivity index (χ3n) is 7.13. The second-order valence-corrected chi connectivity index (χ2v) is 12.9. The Morgan fingerprint density at radius 1 is 0.814 bits per heavy atom. The molecule has 4 aromatic carbocycles. The number of amides is 2. The molecule has 0 saturated heterocycles. The summed E-state index contributed by atoms with van der Waals surface area (Å²) in [5, 5.41) is 3.32. The summed E-state index contributed by atoms with van der Waals surface area (Å²) in [6, 6.07) is 26.8. The summed E-state index contributed by atoms with van der Waals surface area (Å²) in [5.41, 5.74) is 3.42. The van der Waals surface area contributed by atoms with Gasteiger partial charge in [-0.25, -0.2) is 8.42 Å². The number of anilines is 1. The minimum atomic E-state index is -4.17. The van der Waals surface area contributed by atoms with Gasteiger partial charge in [0.05, 0.1) is 20.6 Å². The maximum absolute atomic E-state index is 14.4. The highest BCUT2D eigenvalue weighted by atomic mass is 35.5. The fourth-order valence-corrected chi connectivity index (χ4v) is 6.55. The van der Waals surface area contributed by atoms with Gasteiger partial charge in [0, 0.05) is 20.0 Å². The fourth-order valence-electron chi connectivity index (χ4n) is 4.75. The van der Waals surface area contributed by atoms with Crippen LogP contribution in [0.4, 0.5) is 5.69 Å². The number of sulfonamides is 1. The van der Waals surface area contributed by atoms with Crippen molar-refractivity contribution in [1.29, 1.82) is 0 Å². The maximum Gasteiger partial charge on any atom is 0.264 e. The van der Waals surface area contributed by atoms with Crippen LogP contribution in [0.15, 0.2) is 102 Å². The van der Waals surface area contributed by atoms with E-state index in [1.54, 1.807) is 61.5 Å². The first-order valence-corrected chi connectivity index (χ1v) is 15.8. The Kier molecular flexibility index (Phi) is 10.5. The second kappa shape index (κ2) is 14.1. The van der Waals surface area contributed by atoms with E-state index in [2.05, 4.69) is 5.32 Å². The lowest BCUT2D eigenvalue weighted by atomic mass is 10.0. The highest BCUT2D eigenvalue weighted by Crippen LogP contribution is 2.29. The standard InChI is InChI=1S/C33H33Cl2N3O4S/c1-23-13-16-27(17-14-23)43(41,42)38(30-12-8-7-9-24(30)2)22-32(39)37(21-26-15-18-28(34)29(35)19-26)31(33(40)36-3)20-25-10-5-4-6-11-25/h4-19,31H,20-22H2,1-3H3,(H,36,40)/t31-/m0/s1. The number of para-hydroxylation sites is 1. The van der Waals surface area contributed by atoms with E-state index in [0.29, 0.717) is 26.9 Å². The number of halogens is 2. The van der Waals surface area contributed by atoms with Crippen molar-refractivity contribution < 1.29 is 18.0 Å². The van der Waals surface area contributed by atoms with Crippen LogP contribution >= 0.6 is 23.2 Å². The average molecular weight is 639 g/mol. The van der Waals surface area contributed by atoms with Crippen LogP contribution in [0.3, 0.4) is 0 Å². The lowest BCUT2D eigenvalue weighted by Crippen LogP contribution is -2.53. The Morgan fingerprint density at radius 2 is 1.47 bits per heavy atom. The molecule has 0 radical (unpaired) electrons. The minimum Gasteiger partial charge on any atom is -0.357 e. The molecule has 1 atom stereocenters. The molecule has 4 rings (SSSR count). The lowest BCUT2D eigenvalue weighted by molar-refractivity contribution is -0.139. The largest absolute Gasteiger partial charge is 0.357 e. The molecule has 10 heteroatoms. The van der Waals surface area contributed by atoms with Crippen LogP contribution in [-0.2, 0) is 32.6 Å². The van der Waals surface area contributed by atoms with Gasteiger partial charge in [-0.05, 0) is 60.9 Å². The van der Waals surface area contributed by atoms with Crippen LogP contribution < -0.4 is 9.62 Å². The Hall–Kier alpha value is -3.85. The average Bonchev–Trinajstić information content (AvgIpc) is 3.00. The van der Waals surface area contributed by atoms with E-state index >= 15 is 0 Å². The van der Waals surface area contributed by atoms with Gasteiger partial charge in [-0.2, -0.15) is 0 Å². The molecule has 224 valence electrons. The zero-order valence-electron chi connectivity index (χ0n) is 24.1. The monoisotopic (exact) mass is 637 g/mol. The molecule has 1 N–H and O–H groups in total. The number of carbonyl (C=O) groups is 2. The van der Waals surface area contributed by atoms with Crippen molar-refractivity contribution in [2.45, 2.75) is 37.8 Å². The van der Waals surface area contributed by atoms with Crippen molar-refractivity contribution in [2.75, 3.05) is 17.9 Å². The second-order valence-electron chi connectivity index (χ2n) is 10.2. The number of carbonyl (C=O) groups excluding carboxylic acids is 2. The molecule has 0 aliphatic heterocycles. The van der Waals surface area contributed by atoms with E-state index in [0.717, 1.165) is 15.4 Å². The molecular weight excluding hydrogens is 605 g/mol. The molecule has 0 bridgehead atoms. The van der Waals surface area contributed by atoms with Crippen LogP contribution in [0.2, 0.25) is 10.0 Å². The van der Waals surface area contributed by atoms with Crippen molar-refractivity contribution in [1.82, 2.24) is 10.2 Å². The van der Waals surface area contributed by atoms with Crippen LogP contribution in [0.5, 0.6) is 0 Å². The van der Waals surface area contributed by atoms with Gasteiger partial charge in [-0.15, -0.1) is 0 Å². The summed E-state index contributed by atoms with van der Waals surface area (Å²) in [6.07, 6.45) is 0.211. The molecule has 0 spiro atoms. The maximum atomic E-state index is 14.4. The molecule has 0 aliphatic carbocycles. The molecule has 43 heavy (non-hydrogen) atoms. The van der Waals surface area contributed by atoms with Gasteiger partial charge in [0.25, 0.3) is 10.0 Å². The van der Waals surface area contributed by atoms with Crippen molar-refractivity contribution in [3.05, 3.63) is 129 Å². The molecule has 0 aliphatic rings. The summed E-state index contributed by atoms with van der Waals surface area (Å²) in [5.74, 6) is -0.948. The Morgan fingerprint density at radius 3 is 2.09 bits per heavy atom. The minimum absolute atomic E-state index is 0.00711. The topological polar surface area (TPSA) is 86.8 Å². The zero-order chi connectivity index (χ0) is 31.1. The van der Waals surface area contributed by atoms with Gasteiger partial charge in [0.15, 0.2) is 0 Å². The number of rotatable bonds is 11. The first kappa shape index (κ1) is 32.1. The van der Waals surface area contributed by atoms with Gasteiger partial charge < -0.3 is 10.2 Å². The van der Waals surface area contributed by atoms with Gasteiger partial charge in [-0.1, -0.05) is 95.5 Å². The smallest absolute Gasteiger partial charge is 0.264 e. The highest BCUT2D eigenvalue weighted by Gasteiger charge is 2.34. The zero-order valence-corrected chi connectivity index (χ0v) is 26.5. The predicted molar refractivity (Wildman–Crippen MR) is 172 cm³/mol. The number of nitrogens with one attached hydrogen (secondary N) is 1. The van der Waals surface area contributed by atoms with Crippen LogP contribution in [0.25, 0.3) is 0 Å². The Labute approximate surface area is 263 Å². The number of aryl methyl sites for hydroxylation is 2. The van der Waals surface area contributed by atoms with Crippen molar-refractivity contribution >= 4 is 50.7 Å². The third kappa shape index (κ3) is 7.76. The number of nitrogens with zero attached hydrogens (tertiary/aromatic N) is 2. The quantitative estimate of drug-likeness (QED) is 0.212. The molecule has 7 nitrogen and oxygen atoms in total. The van der Waals surface area contributed by atoms with Gasteiger partial charge in [-0.3, -0.25) is 13.9 Å². The van der Waals surface area contributed by atoms with Gasteiger partial charge in [0.2, 0.25) is 11.8 Å². The molecule has 2 amide bonds. The highest BCUT2D eigenvalue weighted by molar-refractivity contribution is 7.92. The normalized spacial score (nSPS) is 11.9. The van der Waals surface area contributed by atoms with E-state index in [4.69, 9.17) is 23.2 Å². The molecule has 4 aromatic rings. The molecule has 0 saturated carbocycles. The Balaban J connectivity index is 1.81. The molecule has 0 unspecified atom stereocenters. The number of likely N-dealkylation sites (N-methyl/N-ethyl adjacent to an activating group) is 1. The molecule has 0 heterocycles. The van der Waals surface area contributed by atoms with Crippen molar-refractivity contribution in [3.63, 3.8) is 0 Å². The van der Waals surface area contributed by atoms with Gasteiger partial charge >= 0.3 is 0 Å². The van der Waals surface area contributed by atoms with Crippen molar-refractivity contribution in [3.8, 4) is 0 Å².